The second kappa shape index (κ2) is 8.57. The van der Waals surface area contributed by atoms with Gasteiger partial charge in [-0.05, 0) is 59.0 Å². The second-order valence-electron chi connectivity index (χ2n) is 6.68. The molecule has 0 fully saturated rings. The van der Waals surface area contributed by atoms with Gasteiger partial charge in [0, 0.05) is 11.6 Å². The van der Waals surface area contributed by atoms with E-state index in [4.69, 9.17) is 18.9 Å². The first kappa shape index (κ1) is 21.4. The van der Waals surface area contributed by atoms with E-state index in [-0.39, 0.29) is 12.0 Å². The van der Waals surface area contributed by atoms with Crippen LogP contribution in [-0.2, 0) is 9.53 Å². The van der Waals surface area contributed by atoms with Gasteiger partial charge in [-0.1, -0.05) is 0 Å². The van der Waals surface area contributed by atoms with Gasteiger partial charge in [0.05, 0.1) is 34.9 Å². The Morgan fingerprint density at radius 2 is 1.60 bits per heavy atom. The molecule has 1 aliphatic carbocycles. The molecule has 0 saturated heterocycles. The van der Waals surface area contributed by atoms with Crippen molar-refractivity contribution in [1.82, 2.24) is 0 Å². The number of fused-ring (bicyclic) bond motifs is 1. The summed E-state index contributed by atoms with van der Waals surface area (Å²) in [6.45, 7) is 1.76. The lowest BCUT2D eigenvalue weighted by Crippen LogP contribution is -2.02. The van der Waals surface area contributed by atoms with Crippen LogP contribution < -0.4 is 14.2 Å². The largest absolute Gasteiger partial charge is 0.493 e. The summed E-state index contributed by atoms with van der Waals surface area (Å²) in [6.07, 6.45) is 1.65. The molecule has 0 unspecified atom stereocenters. The highest BCUT2D eigenvalue weighted by Crippen LogP contribution is 2.46. The molecule has 0 heterocycles. The third-order valence-corrected chi connectivity index (χ3v) is 5.05. The quantitative estimate of drug-likeness (QED) is 0.628. The summed E-state index contributed by atoms with van der Waals surface area (Å²) in [6, 6.07) is 5.51. The number of benzene rings is 2. The van der Waals surface area contributed by atoms with Crippen molar-refractivity contribution in [3.63, 3.8) is 0 Å². The molecule has 0 saturated carbocycles. The lowest BCUT2D eigenvalue weighted by Gasteiger charge is -2.13. The highest BCUT2D eigenvalue weighted by atomic mass is 19.1. The molecule has 0 aromatic heterocycles. The van der Waals surface area contributed by atoms with Crippen LogP contribution in [0.4, 0.5) is 8.78 Å². The molecule has 1 aliphatic rings. The van der Waals surface area contributed by atoms with E-state index >= 15 is 0 Å². The van der Waals surface area contributed by atoms with Crippen molar-refractivity contribution in [2.45, 2.75) is 13.3 Å². The van der Waals surface area contributed by atoms with Crippen molar-refractivity contribution >= 4 is 23.2 Å². The fraction of sp³-hybridized carbons (Fsp3) is 0.261. The van der Waals surface area contributed by atoms with Crippen LogP contribution in [0.1, 0.15) is 30.0 Å². The maximum Gasteiger partial charge on any atom is 0.310 e. The monoisotopic (exact) mass is 416 g/mol. The molecule has 158 valence electrons. The number of esters is 1. The first-order valence-corrected chi connectivity index (χ1v) is 9.13. The van der Waals surface area contributed by atoms with E-state index in [0.717, 1.165) is 6.07 Å². The Kier molecular flexibility index (Phi) is 6.10. The van der Waals surface area contributed by atoms with Crippen LogP contribution in [-0.4, -0.2) is 34.4 Å². The van der Waals surface area contributed by atoms with E-state index in [1.54, 1.807) is 25.1 Å². The lowest BCUT2D eigenvalue weighted by molar-refractivity contribution is -0.139. The van der Waals surface area contributed by atoms with Crippen molar-refractivity contribution in [3.8, 4) is 17.2 Å². The van der Waals surface area contributed by atoms with Crippen LogP contribution in [0.5, 0.6) is 17.2 Å². The summed E-state index contributed by atoms with van der Waals surface area (Å²) in [4.78, 5) is 11.9. The van der Waals surface area contributed by atoms with Crippen molar-refractivity contribution in [2.24, 2.45) is 0 Å². The third kappa shape index (κ3) is 3.75. The fourth-order valence-electron chi connectivity index (χ4n) is 3.61. The maximum absolute atomic E-state index is 14.8. The minimum atomic E-state index is -0.713. The molecule has 0 atom stereocenters. The number of allylic oxidation sites excluding steroid dienone is 2. The summed E-state index contributed by atoms with van der Waals surface area (Å²) < 4.78 is 49.6. The van der Waals surface area contributed by atoms with Crippen LogP contribution >= 0.6 is 0 Å². The number of carbonyl (C=O) groups is 1. The van der Waals surface area contributed by atoms with Crippen LogP contribution in [0.2, 0.25) is 0 Å². The molecule has 0 radical (unpaired) electrons. The molecule has 7 heteroatoms. The molecule has 0 aliphatic heterocycles. The molecule has 5 nitrogen and oxygen atoms in total. The summed E-state index contributed by atoms with van der Waals surface area (Å²) in [5.41, 5.74) is 2.96. The molecule has 3 rings (SSSR count). The van der Waals surface area contributed by atoms with E-state index in [1.165, 1.54) is 34.5 Å². The summed E-state index contributed by atoms with van der Waals surface area (Å²) in [5, 5.41) is 0. The first-order valence-electron chi connectivity index (χ1n) is 9.13. The summed E-state index contributed by atoms with van der Waals surface area (Å²) in [7, 11) is 5.77. The minimum absolute atomic E-state index is 0.0924. The van der Waals surface area contributed by atoms with Gasteiger partial charge in [-0.2, -0.15) is 0 Å². The Bertz CT molecular complexity index is 1040. The zero-order valence-corrected chi connectivity index (χ0v) is 17.4. The number of halogens is 2. The first-order chi connectivity index (χ1) is 14.3. The minimum Gasteiger partial charge on any atom is -0.493 e. The predicted molar refractivity (Wildman–Crippen MR) is 110 cm³/mol. The molecule has 2 aromatic rings. The van der Waals surface area contributed by atoms with Gasteiger partial charge in [0.15, 0.2) is 11.5 Å². The van der Waals surface area contributed by atoms with E-state index in [0.29, 0.717) is 45.1 Å². The Morgan fingerprint density at radius 3 is 2.13 bits per heavy atom. The molecular weight excluding hydrogens is 394 g/mol. The van der Waals surface area contributed by atoms with E-state index < -0.39 is 17.6 Å². The fourth-order valence-corrected chi connectivity index (χ4v) is 3.61. The normalized spacial score (nSPS) is 14.0. The van der Waals surface area contributed by atoms with Gasteiger partial charge in [-0.15, -0.1) is 0 Å². The molecule has 0 bridgehead atoms. The second-order valence-corrected chi connectivity index (χ2v) is 6.68. The molecule has 2 aromatic carbocycles. The molecule has 0 spiro atoms. The van der Waals surface area contributed by atoms with Gasteiger partial charge in [-0.3, -0.25) is 4.79 Å². The van der Waals surface area contributed by atoms with Gasteiger partial charge in [0.25, 0.3) is 0 Å². The highest BCUT2D eigenvalue weighted by molar-refractivity contribution is 6.08. The standard InChI is InChI=1S/C23H22F2O5/c1-12-15(11-21(26)29-4)17-9-14(24)10-18(25)22(17)16(12)6-13-7-19(27-2)23(30-5)20(8-13)28-3/h6-10H,11H2,1-5H3/b16-6-. The molecule has 0 N–H and O–H groups in total. The Labute approximate surface area is 173 Å². The van der Waals surface area contributed by atoms with Gasteiger partial charge in [-0.25, -0.2) is 8.78 Å². The number of carbonyl (C=O) groups excluding carboxylic acids is 1. The number of hydrogen-bond acceptors (Lipinski definition) is 5. The maximum atomic E-state index is 14.8. The Balaban J connectivity index is 2.23. The number of rotatable bonds is 6. The Hall–Kier alpha value is -3.35. The zero-order chi connectivity index (χ0) is 22.0. The van der Waals surface area contributed by atoms with Crippen molar-refractivity contribution in [1.29, 1.82) is 0 Å². The number of hydrogen-bond donors (Lipinski definition) is 0. The van der Waals surface area contributed by atoms with Gasteiger partial charge in [0.1, 0.15) is 11.6 Å². The zero-order valence-electron chi connectivity index (χ0n) is 17.4. The summed E-state index contributed by atoms with van der Waals surface area (Å²) in [5.74, 6) is -0.593. The number of ether oxygens (including phenoxy) is 4. The lowest BCUT2D eigenvalue weighted by atomic mass is 9.99. The van der Waals surface area contributed by atoms with Gasteiger partial charge in [0.2, 0.25) is 5.75 Å². The van der Waals surface area contributed by atoms with Crippen LogP contribution in [0, 0.1) is 11.6 Å². The van der Waals surface area contributed by atoms with E-state index in [1.807, 2.05) is 0 Å². The Morgan fingerprint density at radius 1 is 0.967 bits per heavy atom. The topological polar surface area (TPSA) is 54.0 Å². The van der Waals surface area contributed by atoms with E-state index in [9.17, 15) is 13.6 Å². The van der Waals surface area contributed by atoms with Crippen molar-refractivity contribution < 1.29 is 32.5 Å². The molecule has 30 heavy (non-hydrogen) atoms. The van der Waals surface area contributed by atoms with Crippen LogP contribution in [0.25, 0.3) is 17.2 Å². The third-order valence-electron chi connectivity index (χ3n) is 5.05. The smallest absolute Gasteiger partial charge is 0.310 e. The van der Waals surface area contributed by atoms with Crippen molar-refractivity contribution in [2.75, 3.05) is 28.4 Å². The van der Waals surface area contributed by atoms with E-state index in [2.05, 4.69) is 0 Å². The predicted octanol–water partition coefficient (Wildman–Crippen LogP) is 4.88. The van der Waals surface area contributed by atoms with Crippen LogP contribution in [0.15, 0.2) is 29.8 Å². The van der Waals surface area contributed by atoms with Gasteiger partial charge < -0.3 is 18.9 Å². The average Bonchev–Trinajstić information content (AvgIpc) is 2.98. The molecule has 0 amide bonds. The summed E-state index contributed by atoms with van der Waals surface area (Å²) >= 11 is 0. The molecular formula is C23H22F2O5. The number of methoxy groups -OCH3 is 4. The van der Waals surface area contributed by atoms with Gasteiger partial charge >= 0.3 is 5.97 Å². The average molecular weight is 416 g/mol. The van der Waals surface area contributed by atoms with Crippen LogP contribution in [0.3, 0.4) is 0 Å². The highest BCUT2D eigenvalue weighted by Gasteiger charge is 2.29. The van der Waals surface area contributed by atoms with Crippen molar-refractivity contribution in [3.05, 3.63) is 58.2 Å². The SMILES string of the molecule is COC(=O)CC1=C(C)/C(=C/c2cc(OC)c(OC)c(OC)c2)c2c(F)cc(F)cc21.